The normalized spacial score (nSPS) is 10.9. The molecule has 1 aromatic carbocycles. The fourth-order valence-corrected chi connectivity index (χ4v) is 2.11. The Morgan fingerprint density at radius 3 is 2.60 bits per heavy atom. The van der Waals surface area contributed by atoms with E-state index in [1.165, 1.54) is 27.5 Å². The topological polar surface area (TPSA) is 38.9 Å². The second-order valence-electron chi connectivity index (χ2n) is 4.02. The molecule has 2 nitrogen and oxygen atoms in total. The molecule has 0 spiro atoms. The molecule has 2 heteroatoms. The van der Waals surface area contributed by atoms with Crippen LogP contribution in [0.4, 0.5) is 0 Å². The molecule has 0 aliphatic heterocycles. The summed E-state index contributed by atoms with van der Waals surface area (Å²) in [5, 5.41) is 2.51. The lowest BCUT2D eigenvalue weighted by molar-refractivity contribution is 1.01. The second kappa shape index (κ2) is 3.63. The summed E-state index contributed by atoms with van der Waals surface area (Å²) in [5.41, 5.74) is 10.6. The van der Waals surface area contributed by atoms with Crippen molar-refractivity contribution in [3.63, 3.8) is 0 Å². The largest absolute Gasteiger partial charge is 0.325 e. The average Bonchev–Trinajstić information content (AvgIpc) is 2.25. The standard InChI is InChI=1S/C13H16N2/c1-8-6-9(2)11-4-5-15-12(7-14)13(11)10(8)3/h4-6H,7,14H2,1-3H3. The molecule has 1 heterocycles. The van der Waals surface area contributed by atoms with Crippen LogP contribution in [-0.2, 0) is 6.54 Å². The van der Waals surface area contributed by atoms with Crippen molar-refractivity contribution in [1.82, 2.24) is 4.98 Å². The molecule has 15 heavy (non-hydrogen) atoms. The molecular formula is C13H16N2. The summed E-state index contributed by atoms with van der Waals surface area (Å²) in [6.07, 6.45) is 1.84. The van der Waals surface area contributed by atoms with Gasteiger partial charge in [-0.1, -0.05) is 6.07 Å². The minimum absolute atomic E-state index is 0.501. The highest BCUT2D eigenvalue weighted by molar-refractivity contribution is 5.91. The third kappa shape index (κ3) is 1.51. The van der Waals surface area contributed by atoms with Crippen molar-refractivity contribution in [2.45, 2.75) is 27.3 Å². The van der Waals surface area contributed by atoms with Gasteiger partial charge >= 0.3 is 0 Å². The molecule has 0 aliphatic carbocycles. The van der Waals surface area contributed by atoms with Crippen molar-refractivity contribution in [1.29, 1.82) is 0 Å². The first-order valence-corrected chi connectivity index (χ1v) is 5.19. The van der Waals surface area contributed by atoms with Gasteiger partial charge in [-0.3, -0.25) is 4.98 Å². The summed E-state index contributed by atoms with van der Waals surface area (Å²) >= 11 is 0. The first kappa shape index (κ1) is 10.1. The van der Waals surface area contributed by atoms with Crippen LogP contribution >= 0.6 is 0 Å². The van der Waals surface area contributed by atoms with E-state index in [2.05, 4.69) is 37.9 Å². The van der Waals surface area contributed by atoms with Crippen LogP contribution < -0.4 is 5.73 Å². The highest BCUT2D eigenvalue weighted by Gasteiger charge is 2.08. The number of hydrogen-bond acceptors (Lipinski definition) is 2. The van der Waals surface area contributed by atoms with Gasteiger partial charge in [-0.2, -0.15) is 0 Å². The zero-order valence-corrected chi connectivity index (χ0v) is 9.46. The van der Waals surface area contributed by atoms with E-state index in [0.29, 0.717) is 6.54 Å². The van der Waals surface area contributed by atoms with Crippen LogP contribution in [0.5, 0.6) is 0 Å². The summed E-state index contributed by atoms with van der Waals surface area (Å²) in [7, 11) is 0. The van der Waals surface area contributed by atoms with Crippen molar-refractivity contribution >= 4 is 10.8 Å². The highest BCUT2D eigenvalue weighted by Crippen LogP contribution is 2.26. The molecule has 2 aromatic rings. The fourth-order valence-electron chi connectivity index (χ4n) is 2.11. The minimum Gasteiger partial charge on any atom is -0.325 e. The van der Waals surface area contributed by atoms with Gasteiger partial charge in [0, 0.05) is 18.1 Å². The quantitative estimate of drug-likeness (QED) is 0.768. The molecule has 2 rings (SSSR count). The number of pyridine rings is 1. The molecule has 0 amide bonds. The van der Waals surface area contributed by atoms with E-state index in [-0.39, 0.29) is 0 Å². The Balaban J connectivity index is 2.96. The lowest BCUT2D eigenvalue weighted by Gasteiger charge is -2.11. The van der Waals surface area contributed by atoms with Gasteiger partial charge in [0.25, 0.3) is 0 Å². The first-order chi connectivity index (χ1) is 7.15. The SMILES string of the molecule is Cc1cc(C)c2ccnc(CN)c2c1C. The number of nitrogens with two attached hydrogens (primary N) is 1. The Labute approximate surface area is 90.1 Å². The van der Waals surface area contributed by atoms with Gasteiger partial charge < -0.3 is 5.73 Å². The van der Waals surface area contributed by atoms with Crippen LogP contribution in [0, 0.1) is 20.8 Å². The van der Waals surface area contributed by atoms with Crippen molar-refractivity contribution < 1.29 is 0 Å². The number of aryl methyl sites for hydroxylation is 3. The summed E-state index contributed by atoms with van der Waals surface area (Å²) in [5.74, 6) is 0. The summed E-state index contributed by atoms with van der Waals surface area (Å²) in [4.78, 5) is 4.34. The zero-order chi connectivity index (χ0) is 11.0. The predicted octanol–water partition coefficient (Wildman–Crippen LogP) is 2.62. The second-order valence-corrected chi connectivity index (χ2v) is 4.02. The number of rotatable bonds is 1. The average molecular weight is 200 g/mol. The number of aromatic nitrogens is 1. The minimum atomic E-state index is 0.501. The fraction of sp³-hybridized carbons (Fsp3) is 0.308. The van der Waals surface area contributed by atoms with E-state index in [1.54, 1.807) is 0 Å². The number of fused-ring (bicyclic) bond motifs is 1. The van der Waals surface area contributed by atoms with E-state index in [4.69, 9.17) is 5.73 Å². The van der Waals surface area contributed by atoms with Gasteiger partial charge in [0.1, 0.15) is 0 Å². The molecular weight excluding hydrogens is 184 g/mol. The Bertz CT molecular complexity index is 515. The molecule has 0 bridgehead atoms. The van der Waals surface area contributed by atoms with E-state index in [9.17, 15) is 0 Å². The molecule has 0 aliphatic rings. The van der Waals surface area contributed by atoms with Crippen molar-refractivity contribution in [2.24, 2.45) is 5.73 Å². The smallest absolute Gasteiger partial charge is 0.0620 e. The maximum absolute atomic E-state index is 5.72. The third-order valence-corrected chi connectivity index (χ3v) is 3.05. The molecule has 0 saturated heterocycles. The van der Waals surface area contributed by atoms with E-state index in [0.717, 1.165) is 5.69 Å². The molecule has 0 saturated carbocycles. The maximum atomic E-state index is 5.72. The highest BCUT2D eigenvalue weighted by atomic mass is 14.7. The lowest BCUT2D eigenvalue weighted by atomic mass is 9.96. The number of nitrogens with zero attached hydrogens (tertiary/aromatic N) is 1. The Morgan fingerprint density at radius 2 is 1.93 bits per heavy atom. The van der Waals surface area contributed by atoms with Crippen LogP contribution in [0.25, 0.3) is 10.8 Å². The Hall–Kier alpha value is -1.41. The van der Waals surface area contributed by atoms with E-state index in [1.807, 2.05) is 6.20 Å². The van der Waals surface area contributed by atoms with Crippen LogP contribution in [0.1, 0.15) is 22.4 Å². The maximum Gasteiger partial charge on any atom is 0.0620 e. The monoisotopic (exact) mass is 200 g/mol. The molecule has 0 fully saturated rings. The Kier molecular flexibility index (Phi) is 2.45. The summed E-state index contributed by atoms with van der Waals surface area (Å²) in [6.45, 7) is 6.91. The van der Waals surface area contributed by atoms with E-state index < -0.39 is 0 Å². The van der Waals surface area contributed by atoms with Gasteiger partial charge in [0.15, 0.2) is 0 Å². The summed E-state index contributed by atoms with van der Waals surface area (Å²) in [6, 6.07) is 4.29. The number of hydrogen-bond donors (Lipinski definition) is 1. The molecule has 0 radical (unpaired) electrons. The van der Waals surface area contributed by atoms with Crippen molar-refractivity contribution in [2.75, 3.05) is 0 Å². The van der Waals surface area contributed by atoms with Gasteiger partial charge in [-0.15, -0.1) is 0 Å². The summed E-state index contributed by atoms with van der Waals surface area (Å²) < 4.78 is 0. The predicted molar refractivity (Wildman–Crippen MR) is 63.8 cm³/mol. The van der Waals surface area contributed by atoms with Gasteiger partial charge in [-0.25, -0.2) is 0 Å². The molecule has 0 atom stereocenters. The van der Waals surface area contributed by atoms with Gasteiger partial charge in [0.05, 0.1) is 5.69 Å². The molecule has 78 valence electrons. The van der Waals surface area contributed by atoms with E-state index >= 15 is 0 Å². The van der Waals surface area contributed by atoms with Crippen molar-refractivity contribution in [3.05, 3.63) is 40.7 Å². The zero-order valence-electron chi connectivity index (χ0n) is 9.46. The van der Waals surface area contributed by atoms with Gasteiger partial charge in [0.2, 0.25) is 0 Å². The van der Waals surface area contributed by atoms with Gasteiger partial charge in [-0.05, 0) is 48.9 Å². The van der Waals surface area contributed by atoms with Crippen molar-refractivity contribution in [3.8, 4) is 0 Å². The first-order valence-electron chi connectivity index (χ1n) is 5.19. The van der Waals surface area contributed by atoms with Crippen LogP contribution in [0.2, 0.25) is 0 Å². The molecule has 1 aromatic heterocycles. The van der Waals surface area contributed by atoms with Crippen LogP contribution in [0.3, 0.4) is 0 Å². The molecule has 2 N–H and O–H groups in total. The Morgan fingerprint density at radius 1 is 1.20 bits per heavy atom. The molecule has 0 unspecified atom stereocenters. The van der Waals surface area contributed by atoms with Crippen LogP contribution in [-0.4, -0.2) is 4.98 Å². The number of benzene rings is 1. The van der Waals surface area contributed by atoms with Crippen LogP contribution in [0.15, 0.2) is 18.3 Å². The third-order valence-electron chi connectivity index (χ3n) is 3.05. The lowest BCUT2D eigenvalue weighted by Crippen LogP contribution is -2.02.